The molecule has 0 aromatic carbocycles. The Hall–Kier alpha value is 0.220. The van der Waals surface area contributed by atoms with Crippen LogP contribution in [0.1, 0.15) is 6.42 Å². The first-order valence-corrected chi connectivity index (χ1v) is 6.67. The van der Waals surface area contributed by atoms with Crippen LogP contribution in [0, 0.1) is 0 Å². The van der Waals surface area contributed by atoms with E-state index in [-0.39, 0.29) is 12.7 Å². The molecule has 0 spiro atoms. The van der Waals surface area contributed by atoms with Gasteiger partial charge in [0.25, 0.3) is 0 Å². The zero-order valence-corrected chi connectivity index (χ0v) is 8.76. The Kier molecular flexibility index (Phi) is 3.85. The molecule has 1 rings (SSSR count). The van der Waals surface area contributed by atoms with Crippen LogP contribution in [0.2, 0.25) is 0 Å². The van der Waals surface area contributed by atoms with Crippen LogP contribution >= 0.6 is 15.6 Å². The molecule has 0 radical (unpaired) electrons. The Morgan fingerprint density at radius 3 is 2.36 bits per heavy atom. The summed E-state index contributed by atoms with van der Waals surface area (Å²) in [6, 6.07) is 0. The molecule has 8 nitrogen and oxygen atoms in total. The summed E-state index contributed by atoms with van der Waals surface area (Å²) in [5.41, 5.74) is 0. The van der Waals surface area contributed by atoms with Crippen molar-refractivity contribution in [3.8, 4) is 0 Å². The highest BCUT2D eigenvalue weighted by Gasteiger charge is 2.33. The third kappa shape index (κ3) is 5.85. The highest BCUT2D eigenvalue weighted by molar-refractivity contribution is 7.60. The molecule has 0 saturated carbocycles. The van der Waals surface area contributed by atoms with Crippen LogP contribution in [0.15, 0.2) is 0 Å². The van der Waals surface area contributed by atoms with Crippen LogP contribution in [0.3, 0.4) is 0 Å². The van der Waals surface area contributed by atoms with Gasteiger partial charge in [-0.2, -0.15) is 4.31 Å². The van der Waals surface area contributed by atoms with E-state index in [1.165, 1.54) is 0 Å². The van der Waals surface area contributed by atoms with Crippen LogP contribution in [-0.4, -0.2) is 34.0 Å². The number of phosphoric acid groups is 2. The first-order valence-electron chi connectivity index (χ1n) is 3.64. The number of hydrogen-bond acceptors (Lipinski definition) is 5. The highest BCUT2D eigenvalue weighted by atomic mass is 31.3. The van der Waals surface area contributed by atoms with Crippen molar-refractivity contribution in [1.29, 1.82) is 0 Å². The molecule has 0 aromatic rings. The molecule has 2 atom stereocenters. The molecule has 14 heavy (non-hydrogen) atoms. The standard InChI is InChI=1S/C4H10O8P2/c5-13(6,7)12-14(8,9)11-2-1-4-3-10-4/h4H,1-3H2,(H,8,9)(H2,5,6,7)/t4-/m0/s1. The van der Waals surface area contributed by atoms with Crippen LogP contribution < -0.4 is 0 Å². The molecule has 1 heterocycles. The fourth-order valence-corrected chi connectivity index (χ4v) is 2.29. The summed E-state index contributed by atoms with van der Waals surface area (Å²) in [5, 5.41) is 0. The third-order valence-electron chi connectivity index (χ3n) is 1.31. The van der Waals surface area contributed by atoms with Crippen molar-refractivity contribution in [2.24, 2.45) is 0 Å². The highest BCUT2D eigenvalue weighted by Crippen LogP contribution is 2.57. The van der Waals surface area contributed by atoms with E-state index in [1.807, 2.05) is 0 Å². The van der Waals surface area contributed by atoms with Crippen molar-refractivity contribution < 1.29 is 37.4 Å². The molecule has 0 aliphatic carbocycles. The zero-order valence-electron chi connectivity index (χ0n) is 6.98. The van der Waals surface area contributed by atoms with Gasteiger partial charge < -0.3 is 19.4 Å². The monoisotopic (exact) mass is 248 g/mol. The summed E-state index contributed by atoms with van der Waals surface area (Å²) in [6.45, 7) is 0.414. The average Bonchev–Trinajstić information content (AvgIpc) is 2.64. The van der Waals surface area contributed by atoms with Gasteiger partial charge in [-0.3, -0.25) is 4.52 Å². The summed E-state index contributed by atoms with van der Waals surface area (Å²) >= 11 is 0. The number of epoxide rings is 1. The van der Waals surface area contributed by atoms with E-state index in [4.69, 9.17) is 19.4 Å². The van der Waals surface area contributed by atoms with Crippen molar-refractivity contribution in [2.45, 2.75) is 12.5 Å². The van der Waals surface area contributed by atoms with Gasteiger partial charge in [-0.05, 0) is 6.42 Å². The fourth-order valence-electron chi connectivity index (χ4n) is 0.692. The van der Waals surface area contributed by atoms with E-state index < -0.39 is 15.6 Å². The smallest absolute Gasteiger partial charge is 0.373 e. The van der Waals surface area contributed by atoms with Gasteiger partial charge in [-0.1, -0.05) is 0 Å². The predicted molar refractivity (Wildman–Crippen MR) is 43.3 cm³/mol. The maximum absolute atomic E-state index is 10.8. The van der Waals surface area contributed by atoms with Gasteiger partial charge in [-0.25, -0.2) is 9.13 Å². The molecule has 1 aliphatic heterocycles. The Balaban J connectivity index is 2.25. The molecule has 3 N–H and O–H groups in total. The topological polar surface area (TPSA) is 126 Å². The first kappa shape index (κ1) is 12.3. The number of rotatable bonds is 6. The molecule has 0 aromatic heterocycles. The second-order valence-electron chi connectivity index (χ2n) is 2.62. The Morgan fingerprint density at radius 2 is 1.93 bits per heavy atom. The van der Waals surface area contributed by atoms with Crippen molar-refractivity contribution in [1.82, 2.24) is 0 Å². The van der Waals surface area contributed by atoms with Gasteiger partial charge in [0.1, 0.15) is 0 Å². The Bertz CT molecular complexity index is 279. The number of phosphoric ester groups is 1. The molecule has 10 heteroatoms. The van der Waals surface area contributed by atoms with Crippen molar-refractivity contribution in [3.63, 3.8) is 0 Å². The molecular weight excluding hydrogens is 238 g/mol. The first-order chi connectivity index (χ1) is 6.29. The lowest BCUT2D eigenvalue weighted by atomic mass is 10.4. The van der Waals surface area contributed by atoms with Crippen molar-refractivity contribution >= 4 is 15.6 Å². The summed E-state index contributed by atoms with van der Waals surface area (Å²) in [6.07, 6.45) is 0.389. The minimum atomic E-state index is -5.00. The lowest BCUT2D eigenvalue weighted by Crippen LogP contribution is -1.98. The van der Waals surface area contributed by atoms with Crippen LogP contribution in [0.25, 0.3) is 0 Å². The van der Waals surface area contributed by atoms with Gasteiger partial charge in [0.2, 0.25) is 0 Å². The van der Waals surface area contributed by atoms with Crippen LogP contribution in [-0.2, 0) is 22.7 Å². The van der Waals surface area contributed by atoms with Gasteiger partial charge in [0.15, 0.2) is 0 Å². The predicted octanol–water partition coefficient (Wildman–Crippen LogP) is 0.00160. The number of hydrogen-bond donors (Lipinski definition) is 3. The SMILES string of the molecule is O=P(O)(O)OP(=O)(O)OCC[C@H]1CO1. The van der Waals surface area contributed by atoms with E-state index >= 15 is 0 Å². The molecule has 1 fully saturated rings. The quantitative estimate of drug-likeness (QED) is 0.443. The lowest BCUT2D eigenvalue weighted by molar-refractivity contribution is 0.173. The van der Waals surface area contributed by atoms with Crippen molar-refractivity contribution in [2.75, 3.05) is 13.2 Å². The van der Waals surface area contributed by atoms with E-state index in [1.54, 1.807) is 0 Å². The van der Waals surface area contributed by atoms with Gasteiger partial charge >= 0.3 is 15.6 Å². The maximum atomic E-state index is 10.8. The molecule has 1 aliphatic rings. The molecule has 0 bridgehead atoms. The second kappa shape index (κ2) is 4.38. The van der Waals surface area contributed by atoms with E-state index in [0.29, 0.717) is 13.0 Å². The average molecular weight is 248 g/mol. The van der Waals surface area contributed by atoms with Crippen molar-refractivity contribution in [3.05, 3.63) is 0 Å². The minimum Gasteiger partial charge on any atom is -0.373 e. The summed E-state index contributed by atoms with van der Waals surface area (Å²) in [4.78, 5) is 25.2. The van der Waals surface area contributed by atoms with Gasteiger partial charge in [0, 0.05) is 0 Å². The molecule has 0 amide bonds. The summed E-state index contributed by atoms with van der Waals surface area (Å²) < 4.78 is 33.6. The largest absolute Gasteiger partial charge is 0.481 e. The third-order valence-corrected chi connectivity index (χ3v) is 3.49. The zero-order chi connectivity index (χ0) is 10.8. The van der Waals surface area contributed by atoms with Crippen LogP contribution in [0.5, 0.6) is 0 Å². The Morgan fingerprint density at radius 1 is 1.36 bits per heavy atom. The van der Waals surface area contributed by atoms with E-state index in [0.717, 1.165) is 0 Å². The fraction of sp³-hybridized carbons (Fsp3) is 1.00. The lowest BCUT2D eigenvalue weighted by Gasteiger charge is -2.11. The van der Waals surface area contributed by atoms with E-state index in [2.05, 4.69) is 8.83 Å². The normalized spacial score (nSPS) is 25.8. The van der Waals surface area contributed by atoms with Gasteiger partial charge in [0.05, 0.1) is 19.3 Å². The minimum absolute atomic E-state index is 0.00468. The van der Waals surface area contributed by atoms with Crippen LogP contribution in [0.4, 0.5) is 0 Å². The number of ether oxygens (including phenoxy) is 1. The molecule has 84 valence electrons. The molecule has 1 unspecified atom stereocenters. The maximum Gasteiger partial charge on any atom is 0.481 e. The van der Waals surface area contributed by atoms with E-state index in [9.17, 15) is 9.13 Å². The summed E-state index contributed by atoms with van der Waals surface area (Å²) in [5.74, 6) is 0. The Labute approximate surface area is 79.7 Å². The summed E-state index contributed by atoms with van der Waals surface area (Å²) in [7, 11) is -9.67. The second-order valence-corrected chi connectivity index (χ2v) is 5.45. The van der Waals surface area contributed by atoms with Gasteiger partial charge in [-0.15, -0.1) is 0 Å². The molecule has 1 saturated heterocycles. The molecular formula is C4H10O8P2.